The number of ether oxygens (including phenoxy) is 2. The van der Waals surface area contributed by atoms with Gasteiger partial charge in [-0.2, -0.15) is 0 Å². The lowest BCUT2D eigenvalue weighted by atomic mass is 10.1. The summed E-state index contributed by atoms with van der Waals surface area (Å²) in [5.74, 6) is -0.633. The zero-order valence-corrected chi connectivity index (χ0v) is 24.7. The smallest absolute Gasteiger partial charge is 0.340 e. The molecule has 0 fully saturated rings. The number of benzene rings is 4. The van der Waals surface area contributed by atoms with Crippen molar-refractivity contribution in [3.63, 3.8) is 0 Å². The van der Waals surface area contributed by atoms with Crippen LogP contribution in [0.3, 0.4) is 0 Å². The maximum absolute atomic E-state index is 13.7. The monoisotopic (exact) mass is 573 g/mol. The molecule has 0 atom stereocenters. The highest BCUT2D eigenvalue weighted by Gasteiger charge is 2.18. The van der Waals surface area contributed by atoms with Crippen LogP contribution >= 0.6 is 0 Å². The number of aromatic nitrogens is 1. The first-order valence-corrected chi connectivity index (χ1v) is 14.5. The quantitative estimate of drug-likeness (QED) is 0.0542. The molecule has 0 saturated carbocycles. The lowest BCUT2D eigenvalue weighted by Gasteiger charge is -2.18. The number of amides is 1. The first kappa shape index (κ1) is 29.3. The van der Waals surface area contributed by atoms with Gasteiger partial charge in [-0.15, -0.1) is 0 Å². The molecule has 1 amide bonds. The minimum Gasteiger partial charge on any atom is -0.462 e. The molecule has 218 valence electrons. The number of aliphatic imine (C=N–C) groups is 1. The van der Waals surface area contributed by atoms with E-state index in [1.54, 1.807) is 49.2 Å². The Morgan fingerprint density at radius 1 is 0.860 bits per heavy atom. The van der Waals surface area contributed by atoms with Crippen molar-refractivity contribution in [3.05, 3.63) is 120 Å². The van der Waals surface area contributed by atoms with Crippen molar-refractivity contribution in [1.29, 1.82) is 0 Å². The molecule has 7 heteroatoms. The highest BCUT2D eigenvalue weighted by molar-refractivity contribution is 6.09. The Bertz CT molecular complexity index is 1800. The molecule has 5 rings (SSSR count). The third-order valence-corrected chi connectivity index (χ3v) is 7.32. The number of hydrogen-bond acceptors (Lipinski definition) is 5. The average Bonchev–Trinajstić information content (AvgIpc) is 3.36. The van der Waals surface area contributed by atoms with Crippen molar-refractivity contribution in [2.45, 2.75) is 26.8 Å². The summed E-state index contributed by atoms with van der Waals surface area (Å²) in [6.45, 7) is 5.50. The fraction of sp³-hybridized carbons (Fsp3) is 0.194. The summed E-state index contributed by atoms with van der Waals surface area (Å²) in [7, 11) is 1.76. The van der Waals surface area contributed by atoms with E-state index in [4.69, 9.17) is 9.47 Å². The van der Waals surface area contributed by atoms with Gasteiger partial charge in [-0.05, 0) is 67.8 Å². The maximum Gasteiger partial charge on any atom is 0.340 e. The van der Waals surface area contributed by atoms with E-state index in [0.717, 1.165) is 34.0 Å². The Morgan fingerprint density at radius 2 is 1.58 bits per heavy atom. The fourth-order valence-corrected chi connectivity index (χ4v) is 5.14. The van der Waals surface area contributed by atoms with Crippen molar-refractivity contribution in [1.82, 2.24) is 9.47 Å². The summed E-state index contributed by atoms with van der Waals surface area (Å²) in [5, 5.41) is 2.26. The molecular weight excluding hydrogens is 538 g/mol. The van der Waals surface area contributed by atoms with Crippen LogP contribution < -0.4 is 0 Å². The van der Waals surface area contributed by atoms with Crippen molar-refractivity contribution in [2.24, 2.45) is 4.99 Å². The van der Waals surface area contributed by atoms with Crippen LogP contribution in [-0.2, 0) is 27.2 Å². The van der Waals surface area contributed by atoms with Gasteiger partial charge in [0.15, 0.2) is 12.2 Å². The normalized spacial score (nSPS) is 11.7. The molecule has 5 aromatic rings. The van der Waals surface area contributed by atoms with Gasteiger partial charge in [-0.1, -0.05) is 66.7 Å². The number of para-hydroxylation sites is 2. The number of rotatable bonds is 11. The minimum atomic E-state index is -0.470. The molecule has 0 bridgehead atoms. The topological polar surface area (TPSA) is 73.1 Å². The van der Waals surface area contributed by atoms with Gasteiger partial charge < -0.3 is 18.9 Å². The SMILES string of the molecule is CCOC(=O)c1ccccc1/N=C\O/C(=C/c1ccc2c(c1)c1ccccc1n2CC)C(=O)N(C)CCc1ccccc1. The summed E-state index contributed by atoms with van der Waals surface area (Å²) in [6.07, 6.45) is 3.65. The fourth-order valence-electron chi connectivity index (χ4n) is 5.14. The highest BCUT2D eigenvalue weighted by atomic mass is 16.5. The van der Waals surface area contributed by atoms with Gasteiger partial charge in [0.1, 0.15) is 0 Å². The summed E-state index contributed by atoms with van der Waals surface area (Å²) in [4.78, 5) is 32.1. The first-order chi connectivity index (χ1) is 21.0. The van der Waals surface area contributed by atoms with Gasteiger partial charge in [0, 0.05) is 41.9 Å². The van der Waals surface area contributed by atoms with Gasteiger partial charge in [-0.25, -0.2) is 9.79 Å². The van der Waals surface area contributed by atoms with Gasteiger partial charge in [0.05, 0.1) is 17.9 Å². The van der Waals surface area contributed by atoms with Crippen LogP contribution in [0.1, 0.15) is 35.3 Å². The molecule has 7 nitrogen and oxygen atoms in total. The standard InChI is InChI=1S/C36H35N3O4/c1-4-39-32-18-12-10-15-28(32)30-23-27(19-20-33(30)39)24-34(35(40)38(3)22-21-26-13-7-6-8-14-26)43-25-37-31-17-11-9-16-29(31)36(41)42-5-2/h6-20,23-25H,4-5,21-22H2,1-3H3/b34-24+,37-25-. The first-order valence-electron chi connectivity index (χ1n) is 14.5. The van der Waals surface area contributed by atoms with E-state index >= 15 is 0 Å². The van der Waals surface area contributed by atoms with Crippen LogP contribution in [0.4, 0.5) is 5.69 Å². The molecule has 0 N–H and O–H groups in total. The molecule has 0 aliphatic rings. The number of aryl methyl sites for hydroxylation is 1. The number of fused-ring (bicyclic) bond motifs is 3. The summed E-state index contributed by atoms with van der Waals surface area (Å²) >= 11 is 0. The predicted molar refractivity (Wildman–Crippen MR) is 173 cm³/mol. The van der Waals surface area contributed by atoms with Crippen molar-refractivity contribution >= 4 is 51.8 Å². The summed E-state index contributed by atoms with van der Waals surface area (Å²) in [6, 6.07) is 31.4. The molecule has 1 heterocycles. The Morgan fingerprint density at radius 3 is 2.37 bits per heavy atom. The molecule has 4 aromatic carbocycles. The number of nitrogens with zero attached hydrogens (tertiary/aromatic N) is 3. The Hall–Kier alpha value is -5.17. The van der Waals surface area contributed by atoms with E-state index in [2.05, 4.69) is 40.7 Å². The van der Waals surface area contributed by atoms with Crippen LogP contribution in [-0.4, -0.2) is 47.9 Å². The van der Waals surface area contributed by atoms with Crippen LogP contribution in [0.5, 0.6) is 0 Å². The Balaban J connectivity index is 1.47. The molecule has 0 aliphatic carbocycles. The Labute approximate surface area is 251 Å². The number of hydrogen-bond donors (Lipinski definition) is 0. The van der Waals surface area contributed by atoms with Crippen molar-refractivity contribution in [2.75, 3.05) is 20.2 Å². The zero-order valence-electron chi connectivity index (χ0n) is 24.7. The summed E-state index contributed by atoms with van der Waals surface area (Å²) < 4.78 is 13.4. The molecule has 0 aliphatic heterocycles. The second kappa shape index (κ2) is 13.7. The third kappa shape index (κ3) is 6.67. The van der Waals surface area contributed by atoms with E-state index in [-0.39, 0.29) is 18.3 Å². The third-order valence-electron chi connectivity index (χ3n) is 7.32. The number of esters is 1. The second-order valence-corrected chi connectivity index (χ2v) is 10.1. The predicted octanol–water partition coefficient (Wildman–Crippen LogP) is 7.41. The number of carbonyl (C=O) groups excluding carboxylic acids is 2. The van der Waals surface area contributed by atoms with Crippen LogP contribution in [0, 0.1) is 0 Å². The lowest BCUT2D eigenvalue weighted by molar-refractivity contribution is -0.128. The maximum atomic E-state index is 13.7. The lowest BCUT2D eigenvalue weighted by Crippen LogP contribution is -2.30. The molecule has 0 spiro atoms. The van der Waals surface area contributed by atoms with Crippen molar-refractivity contribution < 1.29 is 19.1 Å². The highest BCUT2D eigenvalue weighted by Crippen LogP contribution is 2.30. The molecule has 0 unspecified atom stereocenters. The largest absolute Gasteiger partial charge is 0.462 e. The number of carbonyl (C=O) groups is 2. The summed E-state index contributed by atoms with van der Waals surface area (Å²) in [5.41, 5.74) is 4.97. The average molecular weight is 574 g/mol. The van der Waals surface area contributed by atoms with Gasteiger partial charge in [0.2, 0.25) is 0 Å². The van der Waals surface area contributed by atoms with E-state index in [1.807, 2.05) is 48.5 Å². The molecular formula is C36H35N3O4. The van der Waals surface area contributed by atoms with Gasteiger partial charge in [0.25, 0.3) is 5.91 Å². The molecule has 1 aromatic heterocycles. The number of likely N-dealkylation sites (N-methyl/N-ethyl adjacent to an activating group) is 1. The van der Waals surface area contributed by atoms with E-state index < -0.39 is 5.97 Å². The van der Waals surface area contributed by atoms with E-state index in [1.165, 1.54) is 11.9 Å². The van der Waals surface area contributed by atoms with E-state index in [9.17, 15) is 9.59 Å². The van der Waals surface area contributed by atoms with Crippen LogP contribution in [0.25, 0.3) is 27.9 Å². The van der Waals surface area contributed by atoms with Gasteiger partial charge >= 0.3 is 5.97 Å². The van der Waals surface area contributed by atoms with E-state index in [0.29, 0.717) is 24.2 Å². The molecule has 0 radical (unpaired) electrons. The second-order valence-electron chi connectivity index (χ2n) is 10.1. The van der Waals surface area contributed by atoms with Gasteiger partial charge in [-0.3, -0.25) is 4.79 Å². The van der Waals surface area contributed by atoms with Crippen LogP contribution in [0.2, 0.25) is 0 Å². The molecule has 43 heavy (non-hydrogen) atoms. The Kier molecular flexibility index (Phi) is 9.32. The molecule has 0 saturated heterocycles. The van der Waals surface area contributed by atoms with Crippen LogP contribution in [0.15, 0.2) is 108 Å². The minimum absolute atomic E-state index is 0.117. The van der Waals surface area contributed by atoms with Crippen molar-refractivity contribution in [3.8, 4) is 0 Å². The zero-order chi connectivity index (χ0) is 30.2.